The lowest BCUT2D eigenvalue weighted by Gasteiger charge is -2.04. The van der Waals surface area contributed by atoms with Crippen molar-refractivity contribution in [2.45, 2.75) is 18.2 Å². The second-order valence-electron chi connectivity index (χ2n) is 3.59. The Kier molecular flexibility index (Phi) is 5.96. The molecule has 0 aliphatic rings. The summed E-state index contributed by atoms with van der Waals surface area (Å²) in [6.45, 7) is 3.34. The molecule has 0 heterocycles. The van der Waals surface area contributed by atoms with Crippen LogP contribution in [0, 0.1) is 6.92 Å². The van der Waals surface area contributed by atoms with Gasteiger partial charge in [-0.2, -0.15) is 0 Å². The quantitative estimate of drug-likeness (QED) is 0.584. The molecule has 1 amide bonds. The lowest BCUT2D eigenvalue weighted by molar-refractivity contribution is -0.118. The highest BCUT2D eigenvalue weighted by molar-refractivity contribution is 8.00. The van der Waals surface area contributed by atoms with Gasteiger partial charge in [0.1, 0.15) is 0 Å². The third-order valence-electron chi connectivity index (χ3n) is 2.09. The van der Waals surface area contributed by atoms with E-state index in [1.165, 1.54) is 5.56 Å². The smallest absolute Gasteiger partial charge is 0.230 e. The molecule has 0 aromatic heterocycles. The van der Waals surface area contributed by atoms with Crippen LogP contribution in [0.15, 0.2) is 29.2 Å². The summed E-state index contributed by atoms with van der Waals surface area (Å²) in [6, 6.07) is 8.17. The Morgan fingerprint density at radius 3 is 2.69 bits per heavy atom. The number of nitrogens with one attached hydrogen (secondary N) is 1. The van der Waals surface area contributed by atoms with Gasteiger partial charge in [0.15, 0.2) is 0 Å². The average Bonchev–Trinajstić information content (AvgIpc) is 2.29. The highest BCUT2D eigenvalue weighted by Gasteiger charge is 2.01. The number of amides is 1. The molecule has 1 aromatic rings. The predicted molar refractivity (Wildman–Crippen MR) is 68.6 cm³/mol. The summed E-state index contributed by atoms with van der Waals surface area (Å²) in [6.07, 6.45) is 0.834. The number of aryl methyl sites for hydroxylation is 1. The van der Waals surface area contributed by atoms with Gasteiger partial charge in [0.2, 0.25) is 5.91 Å². The van der Waals surface area contributed by atoms with Gasteiger partial charge in [0.25, 0.3) is 0 Å². The maximum atomic E-state index is 11.4. The summed E-state index contributed by atoms with van der Waals surface area (Å²) in [7, 11) is 0. The van der Waals surface area contributed by atoms with E-state index < -0.39 is 0 Å². The maximum Gasteiger partial charge on any atom is 0.230 e. The van der Waals surface area contributed by atoms with Gasteiger partial charge < -0.3 is 11.1 Å². The van der Waals surface area contributed by atoms with Crippen LogP contribution in [-0.2, 0) is 4.79 Å². The van der Waals surface area contributed by atoms with Crippen LogP contribution in [0.4, 0.5) is 0 Å². The van der Waals surface area contributed by atoms with E-state index in [-0.39, 0.29) is 5.91 Å². The highest BCUT2D eigenvalue weighted by atomic mass is 32.2. The first kappa shape index (κ1) is 13.1. The van der Waals surface area contributed by atoms with Crippen molar-refractivity contribution < 1.29 is 4.79 Å². The lowest BCUT2D eigenvalue weighted by Crippen LogP contribution is -2.27. The molecule has 0 atom stereocenters. The maximum absolute atomic E-state index is 11.4. The van der Waals surface area contributed by atoms with E-state index in [0.29, 0.717) is 18.8 Å². The molecular weight excluding hydrogens is 220 g/mol. The van der Waals surface area contributed by atoms with E-state index in [1.807, 2.05) is 19.1 Å². The molecule has 0 saturated carbocycles. The van der Waals surface area contributed by atoms with Gasteiger partial charge in [-0.3, -0.25) is 4.79 Å². The Bertz CT molecular complexity index is 324. The fourth-order valence-corrected chi connectivity index (χ4v) is 1.89. The molecule has 0 bridgehead atoms. The SMILES string of the molecule is Cc1ccc(SCC(=O)NCCCN)cc1. The van der Waals surface area contributed by atoms with Crippen LogP contribution in [0.5, 0.6) is 0 Å². The molecule has 0 fully saturated rings. The minimum Gasteiger partial charge on any atom is -0.355 e. The third kappa shape index (κ3) is 5.19. The summed E-state index contributed by atoms with van der Waals surface area (Å²) < 4.78 is 0. The van der Waals surface area contributed by atoms with Gasteiger partial charge in [-0.25, -0.2) is 0 Å². The number of hydrogen-bond acceptors (Lipinski definition) is 3. The molecule has 4 heteroatoms. The van der Waals surface area contributed by atoms with Gasteiger partial charge in [-0.15, -0.1) is 11.8 Å². The predicted octanol–water partition coefficient (Wildman–Crippen LogP) is 1.55. The summed E-state index contributed by atoms with van der Waals surface area (Å²) in [5.41, 5.74) is 6.57. The number of carbonyl (C=O) groups is 1. The zero-order valence-electron chi connectivity index (χ0n) is 9.53. The molecule has 3 N–H and O–H groups in total. The highest BCUT2D eigenvalue weighted by Crippen LogP contribution is 2.17. The third-order valence-corrected chi connectivity index (χ3v) is 3.11. The minimum absolute atomic E-state index is 0.0685. The van der Waals surface area contributed by atoms with Crippen molar-refractivity contribution in [1.82, 2.24) is 5.32 Å². The van der Waals surface area contributed by atoms with Crippen molar-refractivity contribution in [2.75, 3.05) is 18.8 Å². The molecule has 88 valence electrons. The number of benzene rings is 1. The first-order chi connectivity index (χ1) is 7.72. The first-order valence-electron chi connectivity index (χ1n) is 5.38. The minimum atomic E-state index is 0.0685. The van der Waals surface area contributed by atoms with Crippen LogP contribution in [0.2, 0.25) is 0 Å². The standard InChI is InChI=1S/C12H18N2OS/c1-10-3-5-11(6-4-10)16-9-12(15)14-8-2-7-13/h3-6H,2,7-9,13H2,1H3,(H,14,15). The summed E-state index contributed by atoms with van der Waals surface area (Å²) in [4.78, 5) is 12.5. The summed E-state index contributed by atoms with van der Waals surface area (Å²) in [5.74, 6) is 0.534. The normalized spacial score (nSPS) is 10.1. The summed E-state index contributed by atoms with van der Waals surface area (Å²) in [5, 5.41) is 2.83. The average molecular weight is 238 g/mol. The van der Waals surface area contributed by atoms with Crippen molar-refractivity contribution in [3.05, 3.63) is 29.8 Å². The molecule has 0 aliphatic heterocycles. The van der Waals surface area contributed by atoms with E-state index in [9.17, 15) is 4.79 Å². The molecule has 0 radical (unpaired) electrons. The van der Waals surface area contributed by atoms with E-state index >= 15 is 0 Å². The Morgan fingerprint density at radius 1 is 1.38 bits per heavy atom. The second kappa shape index (κ2) is 7.30. The van der Waals surface area contributed by atoms with Gasteiger partial charge >= 0.3 is 0 Å². The fourth-order valence-electron chi connectivity index (χ4n) is 1.16. The van der Waals surface area contributed by atoms with Gasteiger partial charge in [-0.1, -0.05) is 17.7 Å². The monoisotopic (exact) mass is 238 g/mol. The van der Waals surface area contributed by atoms with Crippen LogP contribution in [0.1, 0.15) is 12.0 Å². The van der Waals surface area contributed by atoms with E-state index in [4.69, 9.17) is 5.73 Å². The van der Waals surface area contributed by atoms with Crippen LogP contribution in [0.3, 0.4) is 0 Å². The molecule has 1 rings (SSSR count). The Morgan fingerprint density at radius 2 is 2.06 bits per heavy atom. The summed E-state index contributed by atoms with van der Waals surface area (Å²) >= 11 is 1.55. The fraction of sp³-hybridized carbons (Fsp3) is 0.417. The zero-order valence-corrected chi connectivity index (χ0v) is 10.3. The van der Waals surface area contributed by atoms with Crippen LogP contribution >= 0.6 is 11.8 Å². The molecule has 0 spiro atoms. The van der Waals surface area contributed by atoms with Crippen molar-refractivity contribution in [3.63, 3.8) is 0 Å². The van der Waals surface area contributed by atoms with Crippen LogP contribution in [0.25, 0.3) is 0 Å². The van der Waals surface area contributed by atoms with Crippen molar-refractivity contribution in [3.8, 4) is 0 Å². The van der Waals surface area contributed by atoms with E-state index in [0.717, 1.165) is 11.3 Å². The number of rotatable bonds is 6. The Balaban J connectivity index is 2.23. The topological polar surface area (TPSA) is 55.1 Å². The van der Waals surface area contributed by atoms with Crippen molar-refractivity contribution in [1.29, 1.82) is 0 Å². The molecule has 16 heavy (non-hydrogen) atoms. The molecule has 0 saturated heterocycles. The Labute approximate surface area is 101 Å². The van der Waals surface area contributed by atoms with Gasteiger partial charge in [0, 0.05) is 11.4 Å². The zero-order chi connectivity index (χ0) is 11.8. The number of thioether (sulfide) groups is 1. The number of hydrogen-bond donors (Lipinski definition) is 2. The van der Waals surface area contributed by atoms with Crippen molar-refractivity contribution >= 4 is 17.7 Å². The van der Waals surface area contributed by atoms with Crippen LogP contribution < -0.4 is 11.1 Å². The first-order valence-corrected chi connectivity index (χ1v) is 6.37. The van der Waals surface area contributed by atoms with Crippen molar-refractivity contribution in [2.24, 2.45) is 5.73 Å². The van der Waals surface area contributed by atoms with Crippen LogP contribution in [-0.4, -0.2) is 24.7 Å². The largest absolute Gasteiger partial charge is 0.355 e. The van der Waals surface area contributed by atoms with E-state index in [2.05, 4.69) is 17.4 Å². The molecule has 3 nitrogen and oxygen atoms in total. The molecule has 0 aliphatic carbocycles. The molecular formula is C12H18N2OS. The van der Waals surface area contributed by atoms with Gasteiger partial charge in [-0.05, 0) is 32.0 Å². The molecule has 0 unspecified atom stereocenters. The number of nitrogens with two attached hydrogens (primary N) is 1. The number of carbonyl (C=O) groups excluding carboxylic acids is 1. The second-order valence-corrected chi connectivity index (χ2v) is 4.64. The lowest BCUT2D eigenvalue weighted by atomic mass is 10.2. The van der Waals surface area contributed by atoms with E-state index in [1.54, 1.807) is 11.8 Å². The van der Waals surface area contributed by atoms with Gasteiger partial charge in [0.05, 0.1) is 5.75 Å². The molecule has 1 aromatic carbocycles. The Hall–Kier alpha value is -1.00.